The predicted octanol–water partition coefficient (Wildman–Crippen LogP) is 5.63. The number of ether oxygens (including phenoxy) is 1. The number of thioether (sulfide) groups is 6. The maximum Gasteiger partial charge on any atom is 0.423 e. The molecule has 0 fully saturated rings. The molecular weight excluding hydrogens is 414 g/mol. The Morgan fingerprint density at radius 2 is 1.50 bits per heavy atom. The van der Waals surface area contributed by atoms with E-state index in [0.29, 0.717) is 16.0 Å². The Morgan fingerprint density at radius 1 is 0.955 bits per heavy atom. The normalized spacial score (nSPS) is 22.5. The van der Waals surface area contributed by atoms with E-state index in [1.807, 2.05) is 0 Å². The fourth-order valence-electron chi connectivity index (χ4n) is 1.60. The molecule has 0 aliphatic carbocycles. The Labute approximate surface area is 150 Å². The first-order valence-corrected chi connectivity index (χ1v) is 11.0. The van der Waals surface area contributed by atoms with Crippen LogP contribution in [0.4, 0.5) is 13.2 Å². The molecule has 3 rings (SSSR count). The monoisotopic (exact) mass is 420 g/mol. The lowest BCUT2D eigenvalue weighted by Crippen LogP contribution is -2.13. The van der Waals surface area contributed by atoms with Gasteiger partial charge in [0.2, 0.25) is 0 Å². The van der Waals surface area contributed by atoms with Crippen molar-refractivity contribution >= 4 is 76.5 Å². The van der Waals surface area contributed by atoms with Crippen LogP contribution < -0.4 is 0 Å². The highest BCUT2D eigenvalue weighted by atomic mass is 32.3. The lowest BCUT2D eigenvalue weighted by Gasteiger charge is -2.08. The minimum Gasteiger partial charge on any atom is -0.465 e. The molecule has 0 saturated heterocycles. The summed E-state index contributed by atoms with van der Waals surface area (Å²) in [5.74, 6) is 1.09. The van der Waals surface area contributed by atoms with Gasteiger partial charge in [-0.15, -0.1) is 23.5 Å². The van der Waals surface area contributed by atoms with Crippen LogP contribution in [0.2, 0.25) is 0 Å². The average Bonchev–Trinajstić information content (AvgIpc) is 3.09. The summed E-state index contributed by atoms with van der Waals surface area (Å²) >= 11 is 7.96. The molecule has 3 aliphatic heterocycles. The number of halogens is 3. The number of carbonyl (C=O) groups is 1. The van der Waals surface area contributed by atoms with Crippen LogP contribution in [0.1, 0.15) is 0 Å². The molecule has 0 N–H and O–H groups in total. The first-order valence-electron chi connectivity index (χ1n) is 5.75. The Morgan fingerprint density at radius 3 is 2.00 bits per heavy atom. The van der Waals surface area contributed by atoms with E-state index in [2.05, 4.69) is 4.74 Å². The van der Waals surface area contributed by atoms with Gasteiger partial charge < -0.3 is 4.74 Å². The molecular formula is C11H7F3O2S6. The average molecular weight is 421 g/mol. The molecule has 0 radical (unpaired) electrons. The maximum atomic E-state index is 13.1. The van der Waals surface area contributed by atoms with Crippen molar-refractivity contribution in [2.75, 3.05) is 18.6 Å². The summed E-state index contributed by atoms with van der Waals surface area (Å²) < 4.78 is 47.5. The molecule has 11 heteroatoms. The van der Waals surface area contributed by atoms with E-state index in [9.17, 15) is 18.0 Å². The molecule has 22 heavy (non-hydrogen) atoms. The quantitative estimate of drug-likeness (QED) is 0.504. The summed E-state index contributed by atoms with van der Waals surface area (Å²) in [6.07, 6.45) is -4.55. The van der Waals surface area contributed by atoms with Crippen molar-refractivity contribution in [1.82, 2.24) is 0 Å². The lowest BCUT2D eigenvalue weighted by atomic mass is 10.5. The highest BCUT2D eigenvalue weighted by molar-refractivity contribution is 8.43. The van der Waals surface area contributed by atoms with Crippen molar-refractivity contribution < 1.29 is 22.7 Å². The number of methoxy groups -OCH3 is 1. The van der Waals surface area contributed by atoms with Gasteiger partial charge >= 0.3 is 12.1 Å². The molecule has 2 nitrogen and oxygen atoms in total. The zero-order valence-corrected chi connectivity index (χ0v) is 15.7. The van der Waals surface area contributed by atoms with E-state index in [0.717, 1.165) is 43.1 Å². The maximum absolute atomic E-state index is 13.1. The summed E-state index contributed by atoms with van der Waals surface area (Å²) in [5.41, 5.74) is 0. The fraction of sp³-hybridized carbons (Fsp3) is 0.364. The Hall–Kier alpha value is 0.580. The number of rotatable bonds is 1. The van der Waals surface area contributed by atoms with Gasteiger partial charge in [-0.3, -0.25) is 0 Å². The van der Waals surface area contributed by atoms with Gasteiger partial charge in [0.15, 0.2) is 0 Å². The molecule has 3 heterocycles. The van der Waals surface area contributed by atoms with Crippen LogP contribution in [0.5, 0.6) is 0 Å². The van der Waals surface area contributed by atoms with Crippen LogP contribution in [0.3, 0.4) is 0 Å². The first-order chi connectivity index (χ1) is 10.4. The van der Waals surface area contributed by atoms with Crippen LogP contribution in [0.15, 0.2) is 26.8 Å². The van der Waals surface area contributed by atoms with E-state index in [4.69, 9.17) is 0 Å². The summed E-state index contributed by atoms with van der Waals surface area (Å²) in [6.45, 7) is 0. The topological polar surface area (TPSA) is 26.3 Å². The van der Waals surface area contributed by atoms with Crippen molar-refractivity contribution in [2.45, 2.75) is 6.18 Å². The highest BCUT2D eigenvalue weighted by Gasteiger charge is 2.45. The highest BCUT2D eigenvalue weighted by Crippen LogP contribution is 2.66. The van der Waals surface area contributed by atoms with Gasteiger partial charge in [0.1, 0.15) is 9.81 Å². The van der Waals surface area contributed by atoms with Crippen LogP contribution in [0.25, 0.3) is 0 Å². The van der Waals surface area contributed by atoms with E-state index in [1.165, 1.54) is 23.5 Å². The molecule has 3 aliphatic rings. The van der Waals surface area contributed by atoms with Gasteiger partial charge in [-0.1, -0.05) is 47.0 Å². The summed E-state index contributed by atoms with van der Waals surface area (Å²) in [4.78, 5) is 10.4. The molecule has 0 bridgehead atoms. The van der Waals surface area contributed by atoms with E-state index < -0.39 is 17.1 Å². The van der Waals surface area contributed by atoms with Crippen LogP contribution >= 0.6 is 70.6 Å². The van der Waals surface area contributed by atoms with Gasteiger partial charge in [0, 0.05) is 11.5 Å². The molecule has 0 aromatic heterocycles. The van der Waals surface area contributed by atoms with Gasteiger partial charge in [0.05, 0.1) is 24.1 Å². The molecule has 0 aromatic rings. The number of hydrogen-bond acceptors (Lipinski definition) is 8. The van der Waals surface area contributed by atoms with Gasteiger partial charge in [-0.2, -0.15) is 13.2 Å². The number of carbonyl (C=O) groups excluding carboxylic acids is 1. The van der Waals surface area contributed by atoms with Gasteiger partial charge in [0.25, 0.3) is 0 Å². The second-order valence-electron chi connectivity index (χ2n) is 3.90. The van der Waals surface area contributed by atoms with Gasteiger partial charge in [-0.05, 0) is 0 Å². The smallest absolute Gasteiger partial charge is 0.423 e. The minimum absolute atomic E-state index is 0.367. The Kier molecular flexibility index (Phi) is 5.40. The van der Waals surface area contributed by atoms with E-state index >= 15 is 0 Å². The Bertz CT molecular complexity index is 602. The van der Waals surface area contributed by atoms with Crippen molar-refractivity contribution in [1.29, 1.82) is 0 Å². The standard InChI is InChI=1S/C11H7F3O2S6/c1-16-6(15)4-5(11(12,13)14)20-9(19-4)10-21-7-8(22-10)18-3-2-17-7/h2-3H2,1H3. The zero-order valence-electron chi connectivity index (χ0n) is 10.8. The zero-order chi connectivity index (χ0) is 15.9. The summed E-state index contributed by atoms with van der Waals surface area (Å²) in [5, 5.41) is 0. The van der Waals surface area contributed by atoms with Crippen LogP contribution in [-0.4, -0.2) is 30.8 Å². The third-order valence-electron chi connectivity index (χ3n) is 2.48. The van der Waals surface area contributed by atoms with Crippen molar-refractivity contribution in [3.05, 3.63) is 26.8 Å². The fourth-order valence-corrected chi connectivity index (χ4v) is 10.3. The van der Waals surface area contributed by atoms with Crippen molar-refractivity contribution in [3.63, 3.8) is 0 Å². The van der Waals surface area contributed by atoms with Crippen LogP contribution in [0, 0.1) is 0 Å². The predicted molar refractivity (Wildman–Crippen MR) is 94.4 cm³/mol. The molecule has 0 saturated carbocycles. The Balaban J connectivity index is 1.86. The third-order valence-corrected chi connectivity index (χ3v) is 11.4. The largest absolute Gasteiger partial charge is 0.465 e. The second kappa shape index (κ2) is 6.83. The van der Waals surface area contributed by atoms with E-state index in [1.54, 1.807) is 23.5 Å². The minimum atomic E-state index is -4.55. The van der Waals surface area contributed by atoms with Gasteiger partial charge in [-0.25, -0.2) is 4.79 Å². The third kappa shape index (κ3) is 3.49. The second-order valence-corrected chi connectivity index (χ2v) is 11.2. The number of allylic oxidation sites excluding steroid dienone is 1. The summed E-state index contributed by atoms with van der Waals surface area (Å²) in [7, 11) is 1.09. The summed E-state index contributed by atoms with van der Waals surface area (Å²) in [6, 6.07) is 0. The lowest BCUT2D eigenvalue weighted by molar-refractivity contribution is -0.136. The number of alkyl halides is 3. The number of hydrogen-bond donors (Lipinski definition) is 0. The van der Waals surface area contributed by atoms with Crippen molar-refractivity contribution in [3.8, 4) is 0 Å². The molecule has 0 atom stereocenters. The molecule has 0 aromatic carbocycles. The van der Waals surface area contributed by atoms with Crippen molar-refractivity contribution in [2.24, 2.45) is 0 Å². The van der Waals surface area contributed by atoms with E-state index in [-0.39, 0.29) is 4.91 Å². The number of esters is 1. The molecule has 0 amide bonds. The van der Waals surface area contributed by atoms with Crippen LogP contribution in [-0.2, 0) is 9.53 Å². The molecule has 0 spiro atoms. The SMILES string of the molecule is COC(=O)C1=C(C(F)(F)F)SC(=C2SC3=C(SCCS3)S2)S1. The molecule has 120 valence electrons. The first kappa shape index (κ1) is 17.4. The molecule has 0 unspecified atom stereocenters.